The standard InChI is InChI=1S/C21H26N4O/c1-3-16-13-22-20(23-14-16)25-10-8-21(9-11-25)12-17-6-4-5-7-18(17)15-24(2)19(21)26/h4-7,13-14H,3,8-12,15H2,1-2H3. The molecule has 0 radical (unpaired) electrons. The average Bonchev–Trinajstić information content (AvgIpc) is 2.78. The quantitative estimate of drug-likeness (QED) is 0.836. The Balaban J connectivity index is 1.55. The first kappa shape index (κ1) is 17.0. The number of hydrogen-bond donors (Lipinski definition) is 0. The molecule has 5 nitrogen and oxygen atoms in total. The Bertz CT molecular complexity index is 794. The van der Waals surface area contributed by atoms with Gasteiger partial charge in [0.25, 0.3) is 0 Å². The molecule has 2 aliphatic rings. The number of carbonyl (C=O) groups is 1. The summed E-state index contributed by atoms with van der Waals surface area (Å²) in [5, 5.41) is 0. The molecule has 0 unspecified atom stereocenters. The molecule has 1 saturated heterocycles. The van der Waals surface area contributed by atoms with Crippen LogP contribution in [0.5, 0.6) is 0 Å². The van der Waals surface area contributed by atoms with Gasteiger partial charge in [-0.1, -0.05) is 31.2 Å². The lowest BCUT2D eigenvalue weighted by Gasteiger charge is -2.41. The number of aromatic nitrogens is 2. The van der Waals surface area contributed by atoms with Gasteiger partial charge in [0.05, 0.1) is 5.41 Å². The lowest BCUT2D eigenvalue weighted by atomic mass is 9.73. The number of fused-ring (bicyclic) bond motifs is 1. The van der Waals surface area contributed by atoms with Crippen LogP contribution in [0.15, 0.2) is 36.7 Å². The first-order valence-electron chi connectivity index (χ1n) is 9.49. The first-order chi connectivity index (χ1) is 12.6. The minimum absolute atomic E-state index is 0.288. The fourth-order valence-electron chi connectivity index (χ4n) is 4.28. The van der Waals surface area contributed by atoms with Gasteiger partial charge in [0, 0.05) is 39.1 Å². The maximum Gasteiger partial charge on any atom is 0.229 e. The molecule has 0 aliphatic carbocycles. The van der Waals surface area contributed by atoms with Crippen molar-refractivity contribution in [1.82, 2.24) is 14.9 Å². The van der Waals surface area contributed by atoms with E-state index in [1.165, 1.54) is 11.1 Å². The molecular weight excluding hydrogens is 324 g/mol. The summed E-state index contributed by atoms with van der Waals surface area (Å²) in [6, 6.07) is 8.48. The van der Waals surface area contributed by atoms with Gasteiger partial charge in [0.2, 0.25) is 11.9 Å². The van der Waals surface area contributed by atoms with Crippen molar-refractivity contribution in [2.24, 2.45) is 5.41 Å². The molecule has 136 valence electrons. The van der Waals surface area contributed by atoms with Gasteiger partial charge in [-0.25, -0.2) is 9.97 Å². The van der Waals surface area contributed by atoms with Crippen molar-refractivity contribution in [3.63, 3.8) is 0 Å². The topological polar surface area (TPSA) is 49.3 Å². The Hall–Kier alpha value is -2.43. The van der Waals surface area contributed by atoms with Crippen molar-refractivity contribution in [1.29, 1.82) is 0 Å². The maximum absolute atomic E-state index is 13.2. The molecule has 0 N–H and O–H groups in total. The third-order valence-electron chi connectivity index (χ3n) is 5.96. The van der Waals surface area contributed by atoms with Crippen LogP contribution in [-0.4, -0.2) is 40.9 Å². The van der Waals surface area contributed by atoms with Crippen LogP contribution >= 0.6 is 0 Å². The Morgan fingerprint density at radius 3 is 2.38 bits per heavy atom. The Morgan fingerprint density at radius 1 is 1.08 bits per heavy atom. The number of hydrogen-bond acceptors (Lipinski definition) is 4. The zero-order valence-electron chi connectivity index (χ0n) is 15.6. The number of rotatable bonds is 2. The van der Waals surface area contributed by atoms with E-state index in [9.17, 15) is 4.79 Å². The SMILES string of the molecule is CCc1cnc(N2CCC3(CC2)Cc2ccccc2CN(C)C3=O)nc1. The second-order valence-corrected chi connectivity index (χ2v) is 7.62. The second-order valence-electron chi connectivity index (χ2n) is 7.62. The van der Waals surface area contributed by atoms with E-state index in [2.05, 4.69) is 46.1 Å². The highest BCUT2D eigenvalue weighted by atomic mass is 16.2. The number of anilines is 1. The summed E-state index contributed by atoms with van der Waals surface area (Å²) < 4.78 is 0. The minimum atomic E-state index is -0.290. The minimum Gasteiger partial charge on any atom is -0.341 e. The van der Waals surface area contributed by atoms with Crippen molar-refractivity contribution < 1.29 is 4.79 Å². The second kappa shape index (κ2) is 6.71. The summed E-state index contributed by atoms with van der Waals surface area (Å²) >= 11 is 0. The van der Waals surface area contributed by atoms with Crippen LogP contribution in [0, 0.1) is 5.41 Å². The van der Waals surface area contributed by atoms with Crippen LogP contribution in [-0.2, 0) is 24.2 Å². The van der Waals surface area contributed by atoms with Gasteiger partial charge in [-0.3, -0.25) is 4.79 Å². The van der Waals surface area contributed by atoms with E-state index in [0.717, 1.165) is 50.3 Å². The van der Waals surface area contributed by atoms with Crippen LogP contribution < -0.4 is 4.90 Å². The molecule has 0 atom stereocenters. The molecule has 26 heavy (non-hydrogen) atoms. The summed E-state index contributed by atoms with van der Waals surface area (Å²) in [6.45, 7) is 4.47. The largest absolute Gasteiger partial charge is 0.341 e. The highest BCUT2D eigenvalue weighted by molar-refractivity contribution is 5.84. The van der Waals surface area contributed by atoms with E-state index in [1.54, 1.807) is 0 Å². The fraction of sp³-hybridized carbons (Fsp3) is 0.476. The van der Waals surface area contributed by atoms with Gasteiger partial charge in [0.15, 0.2) is 0 Å². The number of carbonyl (C=O) groups excluding carboxylic acids is 1. The molecular formula is C21H26N4O. The van der Waals surface area contributed by atoms with Crippen molar-refractivity contribution in [3.05, 3.63) is 53.3 Å². The lowest BCUT2D eigenvalue weighted by molar-refractivity contribution is -0.142. The van der Waals surface area contributed by atoms with Crippen LogP contribution in [0.25, 0.3) is 0 Å². The van der Waals surface area contributed by atoms with E-state index < -0.39 is 0 Å². The van der Waals surface area contributed by atoms with Crippen molar-refractivity contribution in [2.75, 3.05) is 25.0 Å². The van der Waals surface area contributed by atoms with Crippen molar-refractivity contribution >= 4 is 11.9 Å². The number of nitrogens with zero attached hydrogens (tertiary/aromatic N) is 4. The predicted molar refractivity (Wildman–Crippen MR) is 102 cm³/mol. The van der Waals surface area contributed by atoms with Gasteiger partial charge in [-0.15, -0.1) is 0 Å². The average molecular weight is 350 g/mol. The smallest absolute Gasteiger partial charge is 0.229 e. The van der Waals surface area contributed by atoms with E-state index in [1.807, 2.05) is 24.3 Å². The Labute approximate surface area is 155 Å². The maximum atomic E-state index is 13.2. The molecule has 3 heterocycles. The van der Waals surface area contributed by atoms with Gasteiger partial charge < -0.3 is 9.80 Å². The van der Waals surface area contributed by atoms with Crippen molar-refractivity contribution in [3.8, 4) is 0 Å². The molecule has 4 rings (SSSR count). The van der Waals surface area contributed by atoms with Crippen LogP contribution in [0.2, 0.25) is 0 Å². The molecule has 1 aromatic carbocycles. The van der Waals surface area contributed by atoms with E-state index >= 15 is 0 Å². The van der Waals surface area contributed by atoms with Crippen LogP contribution in [0.4, 0.5) is 5.95 Å². The number of amides is 1. The zero-order chi connectivity index (χ0) is 18.1. The molecule has 1 spiro atoms. The molecule has 2 aromatic rings. The normalized spacial score (nSPS) is 19.4. The fourth-order valence-corrected chi connectivity index (χ4v) is 4.28. The molecule has 5 heteroatoms. The summed E-state index contributed by atoms with van der Waals surface area (Å²) in [4.78, 5) is 26.4. The molecule has 1 aromatic heterocycles. The molecule has 0 saturated carbocycles. The van der Waals surface area contributed by atoms with Crippen molar-refractivity contribution in [2.45, 2.75) is 39.2 Å². The number of piperidine rings is 1. The highest BCUT2D eigenvalue weighted by Gasteiger charge is 2.45. The van der Waals surface area contributed by atoms with Crippen LogP contribution in [0.1, 0.15) is 36.5 Å². The Morgan fingerprint density at radius 2 is 1.73 bits per heavy atom. The van der Waals surface area contributed by atoms with Crippen LogP contribution in [0.3, 0.4) is 0 Å². The van der Waals surface area contributed by atoms with Gasteiger partial charge in [-0.2, -0.15) is 0 Å². The van der Waals surface area contributed by atoms with Gasteiger partial charge in [-0.05, 0) is 42.4 Å². The molecule has 1 fully saturated rings. The van der Waals surface area contributed by atoms with Gasteiger partial charge in [0.1, 0.15) is 0 Å². The zero-order valence-corrected chi connectivity index (χ0v) is 15.6. The lowest BCUT2D eigenvalue weighted by Crippen LogP contribution is -2.49. The number of aryl methyl sites for hydroxylation is 1. The summed E-state index contributed by atoms with van der Waals surface area (Å²) in [6.07, 6.45) is 7.31. The predicted octanol–water partition coefficient (Wildman–Crippen LogP) is 2.84. The Kier molecular flexibility index (Phi) is 4.39. The molecule has 2 aliphatic heterocycles. The summed E-state index contributed by atoms with van der Waals surface area (Å²) in [5.41, 5.74) is 3.46. The van der Waals surface area contributed by atoms with E-state index in [0.29, 0.717) is 6.54 Å². The molecule has 0 bridgehead atoms. The van der Waals surface area contributed by atoms with E-state index in [4.69, 9.17) is 0 Å². The first-order valence-corrected chi connectivity index (χ1v) is 9.49. The summed E-state index contributed by atoms with van der Waals surface area (Å²) in [7, 11) is 1.94. The molecule has 1 amide bonds. The monoisotopic (exact) mass is 350 g/mol. The third-order valence-corrected chi connectivity index (χ3v) is 5.96. The number of benzene rings is 1. The van der Waals surface area contributed by atoms with Gasteiger partial charge >= 0.3 is 0 Å². The third kappa shape index (κ3) is 2.96. The summed E-state index contributed by atoms with van der Waals surface area (Å²) in [5.74, 6) is 1.07. The highest BCUT2D eigenvalue weighted by Crippen LogP contribution is 2.40. The van der Waals surface area contributed by atoms with E-state index in [-0.39, 0.29) is 11.3 Å².